The number of halogens is 1. The van der Waals surface area contributed by atoms with Crippen LogP contribution in [0.15, 0.2) is 18.2 Å². The Labute approximate surface area is 137 Å². The van der Waals surface area contributed by atoms with Crippen molar-refractivity contribution < 1.29 is 0 Å². The maximum Gasteiger partial charge on any atom is 0.105 e. The third kappa shape index (κ3) is 4.83. The van der Waals surface area contributed by atoms with E-state index in [9.17, 15) is 0 Å². The van der Waals surface area contributed by atoms with E-state index < -0.39 is 0 Å². The zero-order valence-corrected chi connectivity index (χ0v) is 14.1. The Bertz CT molecular complexity index is 492. The van der Waals surface area contributed by atoms with Gasteiger partial charge >= 0.3 is 0 Å². The highest BCUT2D eigenvalue weighted by atomic mass is 35.5. The van der Waals surface area contributed by atoms with E-state index in [1.165, 1.54) is 25.8 Å². The van der Waals surface area contributed by atoms with Gasteiger partial charge in [0, 0.05) is 30.4 Å². The van der Waals surface area contributed by atoms with Gasteiger partial charge in [0.1, 0.15) is 4.99 Å². The Morgan fingerprint density at radius 3 is 2.95 bits per heavy atom. The summed E-state index contributed by atoms with van der Waals surface area (Å²) in [5, 5.41) is 4.02. The number of nitrogens with one attached hydrogen (secondary N) is 1. The van der Waals surface area contributed by atoms with E-state index in [1.54, 1.807) is 0 Å². The second-order valence-electron chi connectivity index (χ2n) is 5.72. The van der Waals surface area contributed by atoms with Crippen LogP contribution in [-0.4, -0.2) is 35.6 Å². The summed E-state index contributed by atoms with van der Waals surface area (Å²) in [6, 6.07) is 6.47. The highest BCUT2D eigenvalue weighted by Crippen LogP contribution is 2.21. The molecule has 1 aliphatic rings. The predicted molar refractivity (Wildman–Crippen MR) is 95.3 cm³/mol. The van der Waals surface area contributed by atoms with Gasteiger partial charge in [0.15, 0.2) is 0 Å². The van der Waals surface area contributed by atoms with Crippen molar-refractivity contribution in [1.29, 1.82) is 0 Å². The minimum Gasteiger partial charge on any atom is -0.389 e. The lowest BCUT2D eigenvalue weighted by Gasteiger charge is -2.33. The monoisotopic (exact) mass is 325 g/mol. The van der Waals surface area contributed by atoms with Gasteiger partial charge in [-0.2, -0.15) is 0 Å². The summed E-state index contributed by atoms with van der Waals surface area (Å²) < 4.78 is 0. The van der Waals surface area contributed by atoms with Crippen LogP contribution in [0, 0.1) is 0 Å². The topological polar surface area (TPSA) is 41.3 Å². The smallest absolute Gasteiger partial charge is 0.105 e. The number of anilines is 1. The van der Waals surface area contributed by atoms with Crippen molar-refractivity contribution in [3.05, 3.63) is 28.8 Å². The zero-order valence-electron chi connectivity index (χ0n) is 12.6. The van der Waals surface area contributed by atoms with Crippen LogP contribution in [0.25, 0.3) is 0 Å². The fourth-order valence-electron chi connectivity index (χ4n) is 2.83. The summed E-state index contributed by atoms with van der Waals surface area (Å²) in [6.07, 6.45) is 5.19. The molecular weight excluding hydrogens is 302 g/mol. The van der Waals surface area contributed by atoms with Gasteiger partial charge < -0.3 is 16.0 Å². The molecule has 0 amide bonds. The van der Waals surface area contributed by atoms with Crippen LogP contribution in [0.1, 0.15) is 38.2 Å². The fourth-order valence-corrected chi connectivity index (χ4v) is 3.35. The third-order valence-electron chi connectivity index (χ3n) is 4.13. The maximum atomic E-state index is 6.16. The Morgan fingerprint density at radius 2 is 2.29 bits per heavy atom. The van der Waals surface area contributed by atoms with Crippen molar-refractivity contribution in [3.8, 4) is 0 Å². The van der Waals surface area contributed by atoms with Gasteiger partial charge in [0.25, 0.3) is 0 Å². The van der Waals surface area contributed by atoms with Crippen molar-refractivity contribution >= 4 is 34.5 Å². The van der Waals surface area contributed by atoms with E-state index >= 15 is 0 Å². The Morgan fingerprint density at radius 1 is 1.48 bits per heavy atom. The molecule has 1 fully saturated rings. The second kappa shape index (κ2) is 7.97. The number of hydrogen-bond donors (Lipinski definition) is 2. The van der Waals surface area contributed by atoms with Crippen LogP contribution in [0.3, 0.4) is 0 Å². The highest BCUT2D eigenvalue weighted by molar-refractivity contribution is 7.80. The number of piperidine rings is 1. The van der Waals surface area contributed by atoms with E-state index in [4.69, 9.17) is 29.6 Å². The molecule has 1 atom stereocenters. The SMILES string of the molecule is CC1CCCCN1CCCNc1ccc(C(N)=S)c(Cl)c1. The van der Waals surface area contributed by atoms with Gasteiger partial charge in [-0.05, 0) is 50.9 Å². The molecule has 1 unspecified atom stereocenters. The molecule has 1 aliphatic heterocycles. The molecule has 1 aromatic carbocycles. The summed E-state index contributed by atoms with van der Waals surface area (Å²) in [6.45, 7) is 5.69. The first-order valence-electron chi connectivity index (χ1n) is 7.65. The van der Waals surface area contributed by atoms with E-state index in [1.807, 2.05) is 18.2 Å². The highest BCUT2D eigenvalue weighted by Gasteiger charge is 2.16. The molecular formula is C16H24ClN3S. The molecule has 1 saturated heterocycles. The minimum absolute atomic E-state index is 0.339. The molecule has 0 saturated carbocycles. The van der Waals surface area contributed by atoms with E-state index in [0.717, 1.165) is 36.8 Å². The standard InChI is InChI=1S/C16H24ClN3S/c1-12-5-2-3-9-20(12)10-4-8-19-13-6-7-14(16(18)21)15(17)11-13/h6-7,11-12,19H,2-5,8-10H2,1H3,(H2,18,21). The van der Waals surface area contributed by atoms with Crippen LogP contribution >= 0.6 is 23.8 Å². The van der Waals surface area contributed by atoms with Crippen LogP contribution < -0.4 is 11.1 Å². The number of nitrogens with zero attached hydrogens (tertiary/aromatic N) is 1. The molecule has 3 N–H and O–H groups in total. The number of likely N-dealkylation sites (tertiary alicyclic amines) is 1. The molecule has 3 nitrogen and oxygen atoms in total. The molecule has 2 rings (SSSR count). The lowest BCUT2D eigenvalue weighted by atomic mass is 10.0. The third-order valence-corrected chi connectivity index (χ3v) is 4.66. The fraction of sp³-hybridized carbons (Fsp3) is 0.562. The van der Waals surface area contributed by atoms with Crippen molar-refractivity contribution in [2.24, 2.45) is 5.73 Å². The van der Waals surface area contributed by atoms with Crippen LogP contribution in [0.5, 0.6) is 0 Å². The van der Waals surface area contributed by atoms with E-state index in [0.29, 0.717) is 10.0 Å². The largest absolute Gasteiger partial charge is 0.389 e. The van der Waals surface area contributed by atoms with Crippen LogP contribution in [0.4, 0.5) is 5.69 Å². The molecule has 21 heavy (non-hydrogen) atoms. The van der Waals surface area contributed by atoms with Gasteiger partial charge in [-0.1, -0.05) is 30.2 Å². The van der Waals surface area contributed by atoms with Gasteiger partial charge in [0.2, 0.25) is 0 Å². The molecule has 1 aromatic rings. The minimum atomic E-state index is 0.339. The number of thiocarbonyl (C=S) groups is 1. The summed E-state index contributed by atoms with van der Waals surface area (Å²) >= 11 is 11.1. The summed E-state index contributed by atoms with van der Waals surface area (Å²) in [4.78, 5) is 2.93. The quantitative estimate of drug-likeness (QED) is 0.619. The van der Waals surface area contributed by atoms with Crippen molar-refractivity contribution in [2.75, 3.05) is 25.0 Å². The number of hydrogen-bond acceptors (Lipinski definition) is 3. The second-order valence-corrected chi connectivity index (χ2v) is 6.57. The molecule has 0 radical (unpaired) electrons. The molecule has 116 valence electrons. The van der Waals surface area contributed by atoms with Crippen LogP contribution in [0.2, 0.25) is 5.02 Å². The van der Waals surface area contributed by atoms with Gasteiger partial charge in [-0.25, -0.2) is 0 Å². The normalized spacial score (nSPS) is 19.4. The Balaban J connectivity index is 1.76. The first kappa shape index (κ1) is 16.5. The first-order chi connectivity index (χ1) is 10.1. The van der Waals surface area contributed by atoms with E-state index in [2.05, 4.69) is 17.1 Å². The molecule has 1 heterocycles. The number of benzene rings is 1. The van der Waals surface area contributed by atoms with Gasteiger partial charge in [-0.15, -0.1) is 0 Å². The first-order valence-corrected chi connectivity index (χ1v) is 8.44. The van der Waals surface area contributed by atoms with Crippen molar-refractivity contribution in [3.63, 3.8) is 0 Å². The van der Waals surface area contributed by atoms with Gasteiger partial charge in [0.05, 0.1) is 5.02 Å². The molecule has 0 aromatic heterocycles. The maximum absolute atomic E-state index is 6.16. The summed E-state index contributed by atoms with van der Waals surface area (Å²) in [5.41, 5.74) is 7.36. The Kier molecular flexibility index (Phi) is 6.27. The predicted octanol–water partition coefficient (Wildman–Crippen LogP) is 3.65. The lowest BCUT2D eigenvalue weighted by Crippen LogP contribution is -2.38. The summed E-state index contributed by atoms with van der Waals surface area (Å²) in [5.74, 6) is 0. The van der Waals surface area contributed by atoms with Crippen molar-refractivity contribution in [1.82, 2.24) is 4.90 Å². The van der Waals surface area contributed by atoms with Crippen molar-refractivity contribution in [2.45, 2.75) is 38.6 Å². The number of nitrogens with two attached hydrogens (primary N) is 1. The number of rotatable bonds is 6. The zero-order chi connectivity index (χ0) is 15.2. The molecule has 0 bridgehead atoms. The summed E-state index contributed by atoms with van der Waals surface area (Å²) in [7, 11) is 0. The average molecular weight is 326 g/mol. The molecule has 0 spiro atoms. The van der Waals surface area contributed by atoms with Crippen LogP contribution in [-0.2, 0) is 0 Å². The Hall–Kier alpha value is -0.840. The lowest BCUT2D eigenvalue weighted by molar-refractivity contribution is 0.160. The molecule has 5 heteroatoms. The van der Waals surface area contributed by atoms with Gasteiger partial charge in [-0.3, -0.25) is 0 Å². The van der Waals surface area contributed by atoms with E-state index in [-0.39, 0.29) is 0 Å². The molecule has 0 aliphatic carbocycles. The average Bonchev–Trinajstić information content (AvgIpc) is 2.45.